The van der Waals surface area contributed by atoms with Gasteiger partial charge in [-0.2, -0.15) is 0 Å². The van der Waals surface area contributed by atoms with Crippen LogP contribution in [0.15, 0.2) is 0 Å². The highest BCUT2D eigenvalue weighted by atomic mass is 31.2. The Bertz CT molecular complexity index is 415. The van der Waals surface area contributed by atoms with Crippen LogP contribution in [0.3, 0.4) is 0 Å². The number of aliphatic hydroxyl groups excluding tert-OH is 6. The molecule has 0 saturated heterocycles. The Morgan fingerprint density at radius 2 is 0.784 bits per heavy atom. The first kappa shape index (κ1) is 41.3. The van der Waals surface area contributed by atoms with Crippen LogP contribution in [0.4, 0.5) is 0 Å². The summed E-state index contributed by atoms with van der Waals surface area (Å²) >= 11 is 0. The lowest BCUT2D eigenvalue weighted by Gasteiger charge is -2.17. The smallest absolute Gasteiger partial charge is 0.395 e. The first-order valence-electron chi connectivity index (χ1n) is 13.6. The van der Waals surface area contributed by atoms with E-state index in [1.807, 2.05) is 0 Å². The van der Waals surface area contributed by atoms with Gasteiger partial charge < -0.3 is 40.4 Å². The molecule has 0 aliphatic heterocycles. The molecule has 0 unspecified atom stereocenters. The van der Waals surface area contributed by atoms with Gasteiger partial charge in [0, 0.05) is 39.3 Å². The average Bonchev–Trinajstić information content (AvgIpc) is 2.84. The molecular formula is C24H57N2O10P. The molecule has 13 heteroatoms. The van der Waals surface area contributed by atoms with Crippen LogP contribution in [0, 0.1) is 0 Å². The van der Waals surface area contributed by atoms with Gasteiger partial charge in [0.2, 0.25) is 0 Å². The summed E-state index contributed by atoms with van der Waals surface area (Å²) in [7, 11) is -4.24. The first-order valence-corrected chi connectivity index (χ1v) is 15.1. The maximum atomic E-state index is 10.4. The molecule has 0 saturated carbocycles. The molecule has 0 aliphatic rings. The standard InChI is InChI=1S/C12H27O4P.2C6H15NO3/c1-2-3-4-5-6-7-8-9-10-11-12-16-17(13,14)15;2*8-4-1-7(2-5-9)3-6-10/h2-12H2,1H3,(H2,13,14,15);2*8-10H,1-6H2. The third kappa shape index (κ3) is 40.4. The van der Waals surface area contributed by atoms with Gasteiger partial charge in [-0.3, -0.25) is 14.3 Å². The second-order valence-corrected chi connectivity index (χ2v) is 9.77. The Balaban J connectivity index is -0.000000499. The van der Waals surface area contributed by atoms with Gasteiger partial charge >= 0.3 is 7.82 Å². The van der Waals surface area contributed by atoms with E-state index in [0.29, 0.717) is 39.3 Å². The third-order valence-electron chi connectivity index (χ3n) is 5.25. The largest absolute Gasteiger partial charge is 0.469 e. The molecule has 0 rings (SSSR count). The Morgan fingerprint density at radius 1 is 0.514 bits per heavy atom. The Labute approximate surface area is 224 Å². The molecule has 0 atom stereocenters. The Kier molecular flexibility index (Phi) is 37.7. The number of aliphatic hydroxyl groups is 6. The summed E-state index contributed by atoms with van der Waals surface area (Å²) in [4.78, 5) is 20.5. The van der Waals surface area contributed by atoms with E-state index in [4.69, 9.17) is 40.4 Å². The maximum Gasteiger partial charge on any atom is 0.469 e. The molecule has 0 aliphatic carbocycles. The minimum absolute atomic E-state index is 0.0694. The van der Waals surface area contributed by atoms with E-state index in [-0.39, 0.29) is 46.2 Å². The van der Waals surface area contributed by atoms with Crippen molar-refractivity contribution in [1.82, 2.24) is 9.80 Å². The van der Waals surface area contributed by atoms with E-state index in [9.17, 15) is 4.57 Å². The fourth-order valence-electron chi connectivity index (χ4n) is 3.29. The van der Waals surface area contributed by atoms with Crippen LogP contribution in [0.25, 0.3) is 0 Å². The summed E-state index contributed by atoms with van der Waals surface area (Å²) in [5, 5.41) is 50.9. The predicted octanol–water partition coefficient (Wildman–Crippen LogP) is 0.547. The van der Waals surface area contributed by atoms with Crippen molar-refractivity contribution >= 4 is 7.82 Å². The normalized spacial score (nSPS) is 11.3. The van der Waals surface area contributed by atoms with Gasteiger partial charge in [-0.05, 0) is 6.42 Å². The minimum Gasteiger partial charge on any atom is -0.395 e. The highest BCUT2D eigenvalue weighted by Crippen LogP contribution is 2.35. The van der Waals surface area contributed by atoms with Crippen molar-refractivity contribution in [1.29, 1.82) is 0 Å². The second kappa shape index (κ2) is 33.8. The number of rotatable bonds is 24. The molecular weight excluding hydrogens is 507 g/mol. The van der Waals surface area contributed by atoms with E-state index >= 15 is 0 Å². The minimum atomic E-state index is -4.24. The Morgan fingerprint density at radius 3 is 1.03 bits per heavy atom. The van der Waals surface area contributed by atoms with Gasteiger partial charge in [-0.25, -0.2) is 4.57 Å². The molecule has 12 nitrogen and oxygen atoms in total. The highest BCUT2D eigenvalue weighted by Gasteiger charge is 2.12. The third-order valence-corrected chi connectivity index (χ3v) is 5.77. The number of hydrogen-bond acceptors (Lipinski definition) is 10. The van der Waals surface area contributed by atoms with Crippen LogP contribution in [0.1, 0.15) is 71.1 Å². The van der Waals surface area contributed by atoms with E-state index in [0.717, 1.165) is 19.3 Å². The molecule has 37 heavy (non-hydrogen) atoms. The quantitative estimate of drug-likeness (QED) is 0.0600. The molecule has 0 fully saturated rings. The monoisotopic (exact) mass is 564 g/mol. The van der Waals surface area contributed by atoms with E-state index in [1.165, 1.54) is 44.9 Å². The van der Waals surface area contributed by atoms with Gasteiger partial charge in [0.1, 0.15) is 0 Å². The van der Waals surface area contributed by atoms with Crippen molar-refractivity contribution in [2.45, 2.75) is 71.1 Å². The van der Waals surface area contributed by atoms with Gasteiger partial charge in [-0.1, -0.05) is 64.7 Å². The van der Waals surface area contributed by atoms with E-state index < -0.39 is 7.82 Å². The van der Waals surface area contributed by atoms with E-state index in [2.05, 4.69) is 11.4 Å². The van der Waals surface area contributed by atoms with Crippen molar-refractivity contribution in [2.24, 2.45) is 0 Å². The number of nitrogens with zero attached hydrogens (tertiary/aromatic N) is 2. The van der Waals surface area contributed by atoms with Crippen molar-refractivity contribution < 1.29 is 49.5 Å². The molecule has 0 aromatic rings. The van der Waals surface area contributed by atoms with Gasteiger partial charge in [0.15, 0.2) is 0 Å². The predicted molar refractivity (Wildman–Crippen MR) is 145 cm³/mol. The molecule has 0 radical (unpaired) electrons. The Hall–Kier alpha value is -0.210. The van der Waals surface area contributed by atoms with Crippen molar-refractivity contribution in [3.8, 4) is 0 Å². The summed E-state index contributed by atoms with van der Waals surface area (Å²) < 4.78 is 14.7. The van der Waals surface area contributed by atoms with Crippen molar-refractivity contribution in [3.63, 3.8) is 0 Å². The lowest BCUT2D eigenvalue weighted by molar-refractivity contribution is 0.136. The fourth-order valence-corrected chi connectivity index (χ4v) is 3.66. The highest BCUT2D eigenvalue weighted by molar-refractivity contribution is 7.46. The number of phosphoric acid groups is 1. The lowest BCUT2D eigenvalue weighted by atomic mass is 10.1. The molecule has 0 spiro atoms. The summed E-state index contributed by atoms with van der Waals surface area (Å²) in [5.41, 5.74) is 0. The fraction of sp³-hybridized carbons (Fsp3) is 1.00. The molecule has 0 bridgehead atoms. The topological polar surface area (TPSA) is 195 Å². The van der Waals surface area contributed by atoms with Gasteiger partial charge in [0.25, 0.3) is 0 Å². The molecule has 0 aromatic heterocycles. The SMILES string of the molecule is CCCCCCCCCCCCOP(=O)(O)O.OCCN(CCO)CCO.OCCN(CCO)CCO. The zero-order valence-electron chi connectivity index (χ0n) is 23.0. The zero-order chi connectivity index (χ0) is 28.6. The van der Waals surface area contributed by atoms with Crippen LogP contribution in [-0.2, 0) is 9.09 Å². The number of hydrogen-bond donors (Lipinski definition) is 8. The van der Waals surface area contributed by atoms with Crippen LogP contribution < -0.4 is 0 Å². The zero-order valence-corrected chi connectivity index (χ0v) is 23.9. The summed E-state index contributed by atoms with van der Waals surface area (Å²) in [6.45, 7) is 5.90. The van der Waals surface area contributed by atoms with E-state index in [1.54, 1.807) is 9.80 Å². The summed E-state index contributed by atoms with van der Waals surface area (Å²) in [5.74, 6) is 0. The molecule has 8 N–H and O–H groups in total. The molecule has 0 heterocycles. The molecule has 228 valence electrons. The second-order valence-electron chi connectivity index (χ2n) is 8.53. The number of unbranched alkanes of at least 4 members (excludes halogenated alkanes) is 9. The number of phosphoric ester groups is 1. The van der Waals surface area contributed by atoms with Gasteiger partial charge in [0.05, 0.1) is 46.2 Å². The van der Waals surface area contributed by atoms with Crippen LogP contribution >= 0.6 is 7.82 Å². The van der Waals surface area contributed by atoms with Crippen molar-refractivity contribution in [3.05, 3.63) is 0 Å². The lowest BCUT2D eigenvalue weighted by Crippen LogP contribution is -2.32. The molecule has 0 aromatic carbocycles. The van der Waals surface area contributed by atoms with Crippen LogP contribution in [0.2, 0.25) is 0 Å². The van der Waals surface area contributed by atoms with Crippen molar-refractivity contribution in [2.75, 3.05) is 85.5 Å². The average molecular weight is 565 g/mol. The first-order chi connectivity index (χ1) is 17.8. The van der Waals surface area contributed by atoms with Crippen LogP contribution in [0.5, 0.6) is 0 Å². The summed E-state index contributed by atoms with van der Waals surface area (Å²) in [6, 6.07) is 0. The molecule has 0 amide bonds. The van der Waals surface area contributed by atoms with Gasteiger partial charge in [-0.15, -0.1) is 0 Å². The maximum absolute atomic E-state index is 10.4. The van der Waals surface area contributed by atoms with Crippen LogP contribution in [-0.4, -0.2) is 136 Å². The summed E-state index contributed by atoms with van der Waals surface area (Å²) in [6.07, 6.45) is 12.0.